The van der Waals surface area contributed by atoms with Gasteiger partial charge >= 0.3 is 0 Å². The molecule has 2 aromatic rings. The van der Waals surface area contributed by atoms with Crippen molar-refractivity contribution in [3.05, 3.63) is 24.3 Å². The number of hydrogen-bond donors (Lipinski definition) is 1. The number of benzene rings is 1. The number of ether oxygens (including phenoxy) is 1. The summed E-state index contributed by atoms with van der Waals surface area (Å²) >= 11 is 0. The van der Waals surface area contributed by atoms with Gasteiger partial charge in [0.15, 0.2) is 0 Å². The minimum absolute atomic E-state index is 0. The van der Waals surface area contributed by atoms with Gasteiger partial charge in [-0.1, -0.05) is 0 Å². The molecule has 0 aliphatic rings. The fourth-order valence-electron chi connectivity index (χ4n) is 1.09. The van der Waals surface area contributed by atoms with E-state index in [0.29, 0.717) is 5.89 Å². The van der Waals surface area contributed by atoms with Gasteiger partial charge in [0.1, 0.15) is 5.75 Å². The minimum atomic E-state index is 0. The molecule has 6 heteroatoms. The van der Waals surface area contributed by atoms with Crippen molar-refractivity contribution in [1.82, 2.24) is 10.1 Å². The molecule has 15 heavy (non-hydrogen) atoms. The van der Waals surface area contributed by atoms with Crippen molar-refractivity contribution in [2.75, 3.05) is 12.8 Å². The Morgan fingerprint density at radius 3 is 2.40 bits per heavy atom. The molecule has 80 valence electrons. The van der Waals surface area contributed by atoms with E-state index < -0.39 is 0 Å². The van der Waals surface area contributed by atoms with Gasteiger partial charge in [-0.25, -0.2) is 0 Å². The van der Waals surface area contributed by atoms with Crippen LogP contribution in [0.3, 0.4) is 0 Å². The summed E-state index contributed by atoms with van der Waals surface area (Å²) in [5.74, 6) is 1.32. The van der Waals surface area contributed by atoms with E-state index in [-0.39, 0.29) is 18.4 Å². The molecule has 5 nitrogen and oxygen atoms in total. The Bertz CT molecular complexity index is 427. The summed E-state index contributed by atoms with van der Waals surface area (Å²) in [5, 5.41) is 3.50. The smallest absolute Gasteiger partial charge is 0.261 e. The maximum Gasteiger partial charge on any atom is 0.261 e. The van der Waals surface area contributed by atoms with Crippen molar-refractivity contribution in [3.63, 3.8) is 0 Å². The summed E-state index contributed by atoms with van der Waals surface area (Å²) in [6, 6.07) is 7.28. The second-order valence-electron chi connectivity index (χ2n) is 2.69. The SMILES string of the molecule is COc1ccc(-c2nc(N)no2)cc1.Cl. The number of nitrogens with zero attached hydrogens (tertiary/aromatic N) is 2. The van der Waals surface area contributed by atoms with E-state index >= 15 is 0 Å². The fourth-order valence-corrected chi connectivity index (χ4v) is 1.09. The van der Waals surface area contributed by atoms with E-state index in [9.17, 15) is 0 Å². The molecular weight excluding hydrogens is 218 g/mol. The topological polar surface area (TPSA) is 74.2 Å². The molecule has 0 aliphatic heterocycles. The summed E-state index contributed by atoms with van der Waals surface area (Å²) in [5.41, 5.74) is 6.15. The van der Waals surface area contributed by atoms with Gasteiger partial charge in [0.25, 0.3) is 11.8 Å². The van der Waals surface area contributed by atoms with E-state index in [4.69, 9.17) is 15.0 Å². The lowest BCUT2D eigenvalue weighted by Gasteiger charge is -1.98. The molecule has 0 unspecified atom stereocenters. The van der Waals surface area contributed by atoms with Crippen LogP contribution in [-0.2, 0) is 0 Å². The normalized spacial score (nSPS) is 9.40. The predicted octanol–water partition coefficient (Wildman–Crippen LogP) is 1.75. The van der Waals surface area contributed by atoms with Crippen LogP contribution in [0, 0.1) is 0 Å². The molecule has 0 saturated carbocycles. The lowest BCUT2D eigenvalue weighted by Crippen LogP contribution is -1.86. The van der Waals surface area contributed by atoms with Crippen molar-refractivity contribution in [1.29, 1.82) is 0 Å². The maximum atomic E-state index is 5.33. The molecule has 0 bridgehead atoms. The first-order valence-electron chi connectivity index (χ1n) is 4.03. The number of hydrogen-bond acceptors (Lipinski definition) is 5. The average Bonchev–Trinajstić information content (AvgIpc) is 2.65. The molecule has 1 aromatic carbocycles. The highest BCUT2D eigenvalue weighted by atomic mass is 35.5. The average molecular weight is 228 g/mol. The molecule has 0 fully saturated rings. The zero-order valence-electron chi connectivity index (χ0n) is 8.01. The van der Waals surface area contributed by atoms with E-state index in [1.54, 1.807) is 7.11 Å². The number of methoxy groups -OCH3 is 1. The second kappa shape index (κ2) is 4.65. The molecule has 0 amide bonds. The van der Waals surface area contributed by atoms with Crippen LogP contribution in [0.5, 0.6) is 5.75 Å². The van der Waals surface area contributed by atoms with E-state index in [1.807, 2.05) is 24.3 Å². The van der Waals surface area contributed by atoms with E-state index in [2.05, 4.69) is 10.1 Å². The van der Waals surface area contributed by atoms with Gasteiger partial charge in [0.05, 0.1) is 7.11 Å². The summed E-state index contributed by atoms with van der Waals surface area (Å²) in [4.78, 5) is 3.90. The van der Waals surface area contributed by atoms with E-state index in [0.717, 1.165) is 11.3 Å². The van der Waals surface area contributed by atoms with Crippen molar-refractivity contribution in [2.45, 2.75) is 0 Å². The number of aromatic nitrogens is 2. The number of rotatable bonds is 2. The van der Waals surface area contributed by atoms with Crippen LogP contribution in [-0.4, -0.2) is 17.3 Å². The molecule has 1 aromatic heterocycles. The molecule has 2 N–H and O–H groups in total. The molecule has 2 rings (SSSR count). The van der Waals surface area contributed by atoms with Crippen LogP contribution < -0.4 is 10.5 Å². The van der Waals surface area contributed by atoms with E-state index in [1.165, 1.54) is 0 Å². The third-order valence-corrected chi connectivity index (χ3v) is 1.78. The minimum Gasteiger partial charge on any atom is -0.497 e. The van der Waals surface area contributed by atoms with Crippen molar-refractivity contribution < 1.29 is 9.26 Å². The number of halogens is 1. The molecule has 0 radical (unpaired) electrons. The Morgan fingerprint density at radius 2 is 1.93 bits per heavy atom. The molecule has 0 aliphatic carbocycles. The first-order valence-corrected chi connectivity index (χ1v) is 4.03. The molecule has 0 spiro atoms. The maximum absolute atomic E-state index is 5.33. The Labute approximate surface area is 92.6 Å². The number of anilines is 1. The number of nitrogens with two attached hydrogens (primary N) is 1. The summed E-state index contributed by atoms with van der Waals surface area (Å²) in [7, 11) is 1.61. The third kappa shape index (κ3) is 2.38. The number of nitrogen functional groups attached to an aromatic ring is 1. The van der Waals surface area contributed by atoms with Crippen molar-refractivity contribution in [2.24, 2.45) is 0 Å². The largest absolute Gasteiger partial charge is 0.497 e. The van der Waals surface area contributed by atoms with Crippen molar-refractivity contribution in [3.8, 4) is 17.2 Å². The van der Waals surface area contributed by atoms with Crippen LogP contribution in [0.4, 0.5) is 5.95 Å². The lowest BCUT2D eigenvalue weighted by molar-refractivity contribution is 0.414. The van der Waals surface area contributed by atoms with Crippen molar-refractivity contribution >= 4 is 18.4 Å². The molecular formula is C9H10ClN3O2. The predicted molar refractivity (Wildman–Crippen MR) is 57.9 cm³/mol. The molecule has 0 atom stereocenters. The van der Waals surface area contributed by atoms with Gasteiger partial charge in [0.2, 0.25) is 0 Å². The first kappa shape index (κ1) is 11.3. The zero-order chi connectivity index (χ0) is 9.97. The lowest BCUT2D eigenvalue weighted by atomic mass is 10.2. The molecule has 0 saturated heterocycles. The quantitative estimate of drug-likeness (QED) is 0.846. The van der Waals surface area contributed by atoms with Gasteiger partial charge in [-0.3, -0.25) is 0 Å². The van der Waals surface area contributed by atoms with Gasteiger partial charge in [-0.05, 0) is 29.4 Å². The van der Waals surface area contributed by atoms with Gasteiger partial charge in [0, 0.05) is 5.56 Å². The summed E-state index contributed by atoms with van der Waals surface area (Å²) in [6.07, 6.45) is 0. The summed E-state index contributed by atoms with van der Waals surface area (Å²) in [6.45, 7) is 0. The highest BCUT2D eigenvalue weighted by Gasteiger charge is 2.05. The van der Waals surface area contributed by atoms with Crippen LogP contribution in [0.1, 0.15) is 0 Å². The van der Waals surface area contributed by atoms with Gasteiger partial charge in [-0.15, -0.1) is 12.4 Å². The van der Waals surface area contributed by atoms with Crippen LogP contribution in [0.2, 0.25) is 0 Å². The van der Waals surface area contributed by atoms with Crippen LogP contribution >= 0.6 is 12.4 Å². The Balaban J connectivity index is 0.00000112. The second-order valence-corrected chi connectivity index (χ2v) is 2.69. The highest BCUT2D eigenvalue weighted by Crippen LogP contribution is 2.20. The molecule has 1 heterocycles. The third-order valence-electron chi connectivity index (χ3n) is 1.78. The Morgan fingerprint density at radius 1 is 1.27 bits per heavy atom. The monoisotopic (exact) mass is 227 g/mol. The van der Waals surface area contributed by atoms with Gasteiger partial charge in [-0.2, -0.15) is 4.98 Å². The fraction of sp³-hybridized carbons (Fsp3) is 0.111. The van der Waals surface area contributed by atoms with Gasteiger partial charge < -0.3 is 15.0 Å². The Hall–Kier alpha value is -1.75. The summed E-state index contributed by atoms with van der Waals surface area (Å²) < 4.78 is 9.92. The standard InChI is InChI=1S/C9H9N3O2.ClH/c1-13-7-4-2-6(3-5-7)8-11-9(10)12-14-8;/h2-5H,1H3,(H2,10,12);1H. The van der Waals surface area contributed by atoms with Crippen LogP contribution in [0.25, 0.3) is 11.5 Å². The first-order chi connectivity index (χ1) is 6.79. The highest BCUT2D eigenvalue weighted by molar-refractivity contribution is 5.85. The zero-order valence-corrected chi connectivity index (χ0v) is 8.82. The Kier molecular flexibility index (Phi) is 3.51. The van der Waals surface area contributed by atoms with Crippen LogP contribution in [0.15, 0.2) is 28.8 Å².